The van der Waals surface area contributed by atoms with Gasteiger partial charge in [0.1, 0.15) is 5.01 Å². The van der Waals surface area contributed by atoms with Crippen LogP contribution in [0.3, 0.4) is 0 Å². The van der Waals surface area contributed by atoms with Gasteiger partial charge >= 0.3 is 0 Å². The molecule has 1 fully saturated rings. The van der Waals surface area contributed by atoms with Gasteiger partial charge < -0.3 is 5.11 Å². The van der Waals surface area contributed by atoms with Crippen molar-refractivity contribution in [1.29, 1.82) is 0 Å². The van der Waals surface area contributed by atoms with E-state index in [2.05, 4.69) is 22.4 Å². The lowest BCUT2D eigenvalue weighted by atomic mass is 9.98. The summed E-state index contributed by atoms with van der Waals surface area (Å²) in [5.74, 6) is 0.502. The number of hydrogen-bond donors (Lipinski definition) is 1. The molecule has 0 radical (unpaired) electrons. The first-order chi connectivity index (χ1) is 9.85. The monoisotopic (exact) mass is 288 g/mol. The fourth-order valence-corrected chi connectivity index (χ4v) is 3.49. The van der Waals surface area contributed by atoms with Gasteiger partial charge in [-0.2, -0.15) is 0 Å². The van der Waals surface area contributed by atoms with E-state index in [1.807, 2.05) is 18.2 Å². The number of aliphatic hydroxyl groups excluding tert-OH is 1. The number of likely N-dealkylation sites (tertiary alicyclic amines) is 1. The fourth-order valence-electron chi connectivity index (χ4n) is 2.64. The van der Waals surface area contributed by atoms with Gasteiger partial charge in [-0.15, -0.1) is 11.3 Å². The molecule has 1 aromatic carbocycles. The number of aromatic nitrogens is 1. The molecule has 0 bridgehead atoms. The van der Waals surface area contributed by atoms with Crippen LogP contribution < -0.4 is 0 Å². The molecule has 1 saturated heterocycles. The van der Waals surface area contributed by atoms with Gasteiger partial charge in [0.05, 0.1) is 12.2 Å². The second kappa shape index (κ2) is 6.48. The normalized spacial score (nSPS) is 17.4. The van der Waals surface area contributed by atoms with E-state index in [9.17, 15) is 0 Å². The van der Waals surface area contributed by atoms with Crippen LogP contribution in [0.5, 0.6) is 0 Å². The molecule has 1 aromatic heterocycles. The maximum Gasteiger partial charge on any atom is 0.107 e. The van der Waals surface area contributed by atoms with Crippen LogP contribution >= 0.6 is 11.3 Å². The second-order valence-electron chi connectivity index (χ2n) is 5.39. The molecule has 1 aliphatic heterocycles. The molecule has 20 heavy (non-hydrogen) atoms. The number of aliphatic hydroxyl groups is 1. The number of hydrogen-bond acceptors (Lipinski definition) is 4. The molecule has 2 heterocycles. The minimum Gasteiger partial charge on any atom is -0.396 e. The summed E-state index contributed by atoms with van der Waals surface area (Å²) in [7, 11) is 0. The van der Waals surface area contributed by atoms with E-state index in [-0.39, 0.29) is 0 Å². The molecule has 0 unspecified atom stereocenters. The summed E-state index contributed by atoms with van der Waals surface area (Å²) in [4.78, 5) is 7.19. The Hall–Kier alpha value is -1.23. The number of rotatable bonds is 4. The van der Waals surface area contributed by atoms with Crippen LogP contribution in [-0.4, -0.2) is 34.7 Å². The maximum atomic E-state index is 9.17. The average Bonchev–Trinajstić information content (AvgIpc) is 2.97. The van der Waals surface area contributed by atoms with Crippen molar-refractivity contribution in [1.82, 2.24) is 9.88 Å². The van der Waals surface area contributed by atoms with Crippen molar-refractivity contribution >= 4 is 11.3 Å². The molecular formula is C16H20N2OS. The third-order valence-corrected chi connectivity index (χ3v) is 4.78. The van der Waals surface area contributed by atoms with Gasteiger partial charge in [0, 0.05) is 17.6 Å². The highest BCUT2D eigenvalue weighted by Crippen LogP contribution is 2.24. The molecule has 3 nitrogen and oxygen atoms in total. The smallest absolute Gasteiger partial charge is 0.107 e. The first-order valence-corrected chi connectivity index (χ1v) is 8.06. The number of benzene rings is 1. The highest BCUT2D eigenvalue weighted by molar-refractivity contribution is 7.09. The van der Waals surface area contributed by atoms with Crippen LogP contribution in [-0.2, 0) is 6.54 Å². The van der Waals surface area contributed by atoms with E-state index in [1.54, 1.807) is 11.3 Å². The maximum absolute atomic E-state index is 9.17. The van der Waals surface area contributed by atoms with E-state index >= 15 is 0 Å². The molecular weight excluding hydrogens is 268 g/mol. The number of nitrogens with zero attached hydrogens (tertiary/aromatic N) is 2. The minimum absolute atomic E-state index is 0.337. The van der Waals surface area contributed by atoms with Crippen molar-refractivity contribution in [2.75, 3.05) is 19.7 Å². The van der Waals surface area contributed by atoms with Crippen LogP contribution in [0.1, 0.15) is 17.8 Å². The topological polar surface area (TPSA) is 36.4 Å². The lowest BCUT2D eigenvalue weighted by Crippen LogP contribution is -2.34. The molecule has 2 aromatic rings. The predicted molar refractivity (Wildman–Crippen MR) is 82.6 cm³/mol. The Labute approximate surface area is 123 Å². The van der Waals surface area contributed by atoms with Gasteiger partial charge in [0.15, 0.2) is 0 Å². The lowest BCUT2D eigenvalue weighted by molar-refractivity contribution is 0.127. The van der Waals surface area contributed by atoms with Crippen LogP contribution in [0.15, 0.2) is 35.7 Å². The average molecular weight is 288 g/mol. The van der Waals surface area contributed by atoms with Crippen molar-refractivity contribution in [2.24, 2.45) is 5.92 Å². The van der Waals surface area contributed by atoms with Crippen molar-refractivity contribution in [3.8, 4) is 11.3 Å². The van der Waals surface area contributed by atoms with Crippen molar-refractivity contribution < 1.29 is 5.11 Å². The summed E-state index contributed by atoms with van der Waals surface area (Å²) in [6.07, 6.45) is 2.21. The molecule has 1 aliphatic rings. The zero-order valence-corrected chi connectivity index (χ0v) is 12.4. The molecule has 4 heteroatoms. The molecule has 0 amide bonds. The largest absolute Gasteiger partial charge is 0.396 e. The zero-order valence-electron chi connectivity index (χ0n) is 11.5. The highest BCUT2D eigenvalue weighted by Gasteiger charge is 2.19. The Morgan fingerprint density at radius 1 is 1.20 bits per heavy atom. The van der Waals surface area contributed by atoms with Crippen LogP contribution in [0.25, 0.3) is 11.3 Å². The van der Waals surface area contributed by atoms with Gasteiger partial charge in [-0.3, -0.25) is 4.90 Å². The summed E-state index contributed by atoms with van der Waals surface area (Å²) in [6.45, 7) is 3.43. The minimum atomic E-state index is 0.337. The first-order valence-electron chi connectivity index (χ1n) is 7.18. The summed E-state index contributed by atoms with van der Waals surface area (Å²) < 4.78 is 0. The van der Waals surface area contributed by atoms with Gasteiger partial charge in [-0.05, 0) is 31.8 Å². The number of thiazole rings is 1. The summed E-state index contributed by atoms with van der Waals surface area (Å²) in [6, 6.07) is 10.3. The van der Waals surface area contributed by atoms with E-state index in [0.29, 0.717) is 12.5 Å². The van der Waals surface area contributed by atoms with Gasteiger partial charge in [0.25, 0.3) is 0 Å². The Kier molecular flexibility index (Phi) is 4.45. The fraction of sp³-hybridized carbons (Fsp3) is 0.438. The van der Waals surface area contributed by atoms with Gasteiger partial charge in [-0.25, -0.2) is 4.98 Å². The Balaban J connectivity index is 1.61. The quantitative estimate of drug-likeness (QED) is 0.939. The van der Waals surface area contributed by atoms with Crippen LogP contribution in [0.2, 0.25) is 0 Å². The molecule has 0 atom stereocenters. The highest BCUT2D eigenvalue weighted by atomic mass is 32.1. The molecule has 0 aliphatic carbocycles. The van der Waals surface area contributed by atoms with E-state index in [1.165, 1.54) is 10.6 Å². The third kappa shape index (κ3) is 3.26. The Morgan fingerprint density at radius 3 is 2.65 bits per heavy atom. The van der Waals surface area contributed by atoms with Gasteiger partial charge in [-0.1, -0.05) is 30.3 Å². The summed E-state index contributed by atoms with van der Waals surface area (Å²) in [5, 5.41) is 12.5. The molecule has 0 spiro atoms. The lowest BCUT2D eigenvalue weighted by Gasteiger charge is -2.30. The number of piperidine rings is 1. The van der Waals surface area contributed by atoms with E-state index in [4.69, 9.17) is 10.1 Å². The first kappa shape index (κ1) is 13.7. The van der Waals surface area contributed by atoms with Crippen LogP contribution in [0.4, 0.5) is 0 Å². The third-order valence-electron chi connectivity index (χ3n) is 3.95. The predicted octanol–water partition coefficient (Wildman–Crippen LogP) is 3.01. The molecule has 3 rings (SSSR count). The van der Waals surface area contributed by atoms with Gasteiger partial charge in [0.2, 0.25) is 0 Å². The van der Waals surface area contributed by atoms with E-state index in [0.717, 1.165) is 38.2 Å². The second-order valence-corrected chi connectivity index (χ2v) is 6.34. The molecule has 106 valence electrons. The molecule has 1 N–H and O–H groups in total. The standard InChI is InChI=1S/C16H20N2OS/c19-11-13-6-8-18(9-7-13)10-16-17-15(12-20-16)14-4-2-1-3-5-14/h1-5,12-13,19H,6-11H2. The Morgan fingerprint density at radius 2 is 1.95 bits per heavy atom. The summed E-state index contributed by atoms with van der Waals surface area (Å²) >= 11 is 1.74. The SMILES string of the molecule is OCC1CCN(Cc2nc(-c3ccccc3)cs2)CC1. The zero-order chi connectivity index (χ0) is 13.8. The summed E-state index contributed by atoms with van der Waals surface area (Å²) in [5.41, 5.74) is 2.27. The van der Waals surface area contributed by atoms with Crippen molar-refractivity contribution in [3.63, 3.8) is 0 Å². The van der Waals surface area contributed by atoms with Crippen molar-refractivity contribution in [2.45, 2.75) is 19.4 Å². The Bertz CT molecular complexity index is 532. The van der Waals surface area contributed by atoms with Crippen molar-refractivity contribution in [3.05, 3.63) is 40.7 Å². The van der Waals surface area contributed by atoms with E-state index < -0.39 is 0 Å². The molecule has 0 saturated carbocycles. The van der Waals surface area contributed by atoms with Crippen LogP contribution in [0, 0.1) is 5.92 Å².